The molecule has 0 aliphatic heterocycles. The highest BCUT2D eigenvalue weighted by Crippen LogP contribution is 2.34. The lowest BCUT2D eigenvalue weighted by Crippen LogP contribution is -2.20. The van der Waals surface area contributed by atoms with Gasteiger partial charge in [0.25, 0.3) is 0 Å². The number of aliphatic hydroxyl groups excluding tert-OH is 1. The number of ether oxygens (including phenoxy) is 1. The maximum atomic E-state index is 11.3. The van der Waals surface area contributed by atoms with Gasteiger partial charge in [0.05, 0.1) is 12.2 Å². The highest BCUT2D eigenvalue weighted by Gasteiger charge is 2.13. The van der Waals surface area contributed by atoms with E-state index >= 15 is 0 Å². The quantitative estimate of drug-likeness (QED) is 0.658. The molecule has 0 aliphatic carbocycles. The molecule has 1 atom stereocenters. The lowest BCUT2D eigenvalue weighted by Gasteiger charge is -2.17. The molecule has 0 saturated carbocycles. The van der Waals surface area contributed by atoms with Crippen molar-refractivity contribution in [3.05, 3.63) is 59.5 Å². The summed E-state index contributed by atoms with van der Waals surface area (Å²) in [4.78, 5) is 13.0. The van der Waals surface area contributed by atoms with Gasteiger partial charge in [-0.1, -0.05) is 44.0 Å². The van der Waals surface area contributed by atoms with Crippen LogP contribution in [-0.4, -0.2) is 28.9 Å². The van der Waals surface area contributed by atoms with Crippen molar-refractivity contribution in [1.82, 2.24) is 0 Å². The average Bonchev–Trinajstić information content (AvgIpc) is 2.52. The summed E-state index contributed by atoms with van der Waals surface area (Å²) in [6.07, 6.45) is 3.80. The van der Waals surface area contributed by atoms with Crippen molar-refractivity contribution in [3.8, 4) is 5.75 Å². The van der Waals surface area contributed by atoms with Crippen molar-refractivity contribution >= 4 is 22.6 Å². The Balaban J connectivity index is 3.13. The van der Waals surface area contributed by atoms with Crippen molar-refractivity contribution in [2.45, 2.75) is 26.4 Å². The molecule has 2 N–H and O–H groups in total. The van der Waals surface area contributed by atoms with Crippen LogP contribution in [0.3, 0.4) is 0 Å². The smallest absolute Gasteiger partial charge is 0.335 e. The Hall–Kier alpha value is -1.98. The van der Waals surface area contributed by atoms with E-state index in [1.165, 1.54) is 17.8 Å². The molecule has 1 aromatic rings. The molecule has 4 nitrogen and oxygen atoms in total. The van der Waals surface area contributed by atoms with Gasteiger partial charge >= 0.3 is 5.97 Å². The molecule has 23 heavy (non-hydrogen) atoms. The first kappa shape index (κ1) is 19.1. The number of rotatable bonds is 9. The van der Waals surface area contributed by atoms with E-state index in [2.05, 4.69) is 13.2 Å². The Morgan fingerprint density at radius 1 is 1.39 bits per heavy atom. The van der Waals surface area contributed by atoms with E-state index in [0.29, 0.717) is 22.6 Å². The van der Waals surface area contributed by atoms with E-state index in [1.807, 2.05) is 19.9 Å². The Bertz CT molecular complexity index is 615. The molecule has 0 aromatic heterocycles. The number of thioether (sulfide) groups is 1. The molecule has 1 unspecified atom stereocenters. The molecule has 0 radical (unpaired) electrons. The molecule has 0 saturated heterocycles. The van der Waals surface area contributed by atoms with Crippen molar-refractivity contribution < 1.29 is 19.7 Å². The SMILES string of the molecule is C=C/C=C(/C)SC(=C)c1cc(OC(CC)CO)cc(C(=O)O)c1. The number of carbonyl (C=O) groups is 1. The zero-order valence-corrected chi connectivity index (χ0v) is 14.2. The van der Waals surface area contributed by atoms with Crippen LogP contribution in [-0.2, 0) is 0 Å². The predicted molar refractivity (Wildman–Crippen MR) is 95.8 cm³/mol. The molecule has 0 spiro atoms. The van der Waals surface area contributed by atoms with E-state index in [1.54, 1.807) is 18.2 Å². The Morgan fingerprint density at radius 2 is 2.04 bits per heavy atom. The third kappa shape index (κ3) is 5.96. The van der Waals surface area contributed by atoms with Crippen molar-refractivity contribution in [2.75, 3.05) is 6.61 Å². The van der Waals surface area contributed by atoms with Crippen LogP contribution in [0.25, 0.3) is 4.91 Å². The maximum absolute atomic E-state index is 11.3. The number of allylic oxidation sites excluding steroid dienone is 3. The van der Waals surface area contributed by atoms with Crippen LogP contribution in [0.4, 0.5) is 0 Å². The van der Waals surface area contributed by atoms with E-state index in [4.69, 9.17) is 4.74 Å². The molecule has 0 aliphatic rings. The normalized spacial score (nSPS) is 12.6. The largest absolute Gasteiger partial charge is 0.488 e. The summed E-state index contributed by atoms with van der Waals surface area (Å²) in [5.74, 6) is -0.627. The van der Waals surface area contributed by atoms with Gasteiger partial charge in [-0.15, -0.1) is 0 Å². The summed E-state index contributed by atoms with van der Waals surface area (Å²) in [6, 6.07) is 4.75. The molecule has 5 heteroatoms. The first-order valence-electron chi connectivity index (χ1n) is 7.23. The van der Waals surface area contributed by atoms with Crippen LogP contribution in [0.5, 0.6) is 5.75 Å². The maximum Gasteiger partial charge on any atom is 0.335 e. The topological polar surface area (TPSA) is 66.8 Å². The van der Waals surface area contributed by atoms with Gasteiger partial charge in [-0.2, -0.15) is 0 Å². The Labute approximate surface area is 141 Å². The summed E-state index contributed by atoms with van der Waals surface area (Å²) >= 11 is 1.43. The second-order valence-electron chi connectivity index (χ2n) is 4.92. The van der Waals surface area contributed by atoms with E-state index < -0.39 is 5.97 Å². The molecule has 0 amide bonds. The van der Waals surface area contributed by atoms with Gasteiger partial charge < -0.3 is 14.9 Å². The number of aromatic carboxylic acids is 1. The van der Waals surface area contributed by atoms with E-state index in [-0.39, 0.29) is 18.3 Å². The molecular formula is C18H22O4S. The van der Waals surface area contributed by atoms with Crippen LogP contribution in [0.15, 0.2) is 48.4 Å². The third-order valence-corrected chi connectivity index (χ3v) is 4.01. The van der Waals surface area contributed by atoms with Gasteiger partial charge in [0.2, 0.25) is 0 Å². The minimum Gasteiger partial charge on any atom is -0.488 e. The second-order valence-corrected chi connectivity index (χ2v) is 6.26. The molecule has 1 aromatic carbocycles. The fourth-order valence-electron chi connectivity index (χ4n) is 1.85. The highest BCUT2D eigenvalue weighted by molar-refractivity contribution is 8.11. The molecule has 0 heterocycles. The van der Waals surface area contributed by atoms with E-state index in [9.17, 15) is 15.0 Å². The minimum atomic E-state index is -1.04. The molecule has 0 fully saturated rings. The number of hydrogen-bond donors (Lipinski definition) is 2. The third-order valence-electron chi connectivity index (χ3n) is 3.07. The lowest BCUT2D eigenvalue weighted by atomic mass is 10.1. The van der Waals surface area contributed by atoms with Gasteiger partial charge in [0.15, 0.2) is 0 Å². The predicted octanol–water partition coefficient (Wildman–Crippen LogP) is 4.33. The van der Waals surface area contributed by atoms with Gasteiger partial charge in [-0.05, 0) is 42.0 Å². The van der Waals surface area contributed by atoms with Crippen LogP contribution >= 0.6 is 11.8 Å². The molecule has 0 bridgehead atoms. The number of carboxylic acid groups (broad SMARTS) is 1. The number of aliphatic hydroxyl groups is 1. The monoisotopic (exact) mass is 334 g/mol. The zero-order chi connectivity index (χ0) is 17.4. The van der Waals surface area contributed by atoms with Gasteiger partial charge in [0, 0.05) is 4.91 Å². The zero-order valence-electron chi connectivity index (χ0n) is 13.4. The number of carboxylic acids is 1. The highest BCUT2D eigenvalue weighted by atomic mass is 32.2. The average molecular weight is 334 g/mol. The number of benzene rings is 1. The molecule has 124 valence electrons. The standard InChI is InChI=1S/C18H22O4S/c1-5-7-12(3)23-13(4)14-8-15(18(20)21)10-17(9-14)22-16(6-2)11-19/h5,7-10,16,19H,1,4,6,11H2,2-3H3,(H,20,21)/b12-7-. The summed E-state index contributed by atoms with van der Waals surface area (Å²) in [5.41, 5.74) is 0.798. The van der Waals surface area contributed by atoms with Crippen molar-refractivity contribution in [2.24, 2.45) is 0 Å². The molecule has 1 rings (SSSR count). The van der Waals surface area contributed by atoms with E-state index in [0.717, 1.165) is 4.91 Å². The summed E-state index contributed by atoms with van der Waals surface area (Å²) < 4.78 is 5.65. The van der Waals surface area contributed by atoms with Crippen LogP contribution in [0, 0.1) is 0 Å². The summed E-state index contributed by atoms with van der Waals surface area (Å²) in [7, 11) is 0. The summed E-state index contributed by atoms with van der Waals surface area (Å²) in [5, 5.41) is 18.5. The summed E-state index contributed by atoms with van der Waals surface area (Å²) in [6.45, 7) is 11.3. The first-order chi connectivity index (χ1) is 10.9. The van der Waals surface area contributed by atoms with Crippen LogP contribution in [0.2, 0.25) is 0 Å². The van der Waals surface area contributed by atoms with Crippen LogP contribution in [0.1, 0.15) is 36.2 Å². The van der Waals surface area contributed by atoms with Gasteiger partial charge in [-0.3, -0.25) is 0 Å². The number of hydrogen-bond acceptors (Lipinski definition) is 4. The second kappa shape index (κ2) is 9.22. The van der Waals surface area contributed by atoms with Crippen molar-refractivity contribution in [3.63, 3.8) is 0 Å². The first-order valence-corrected chi connectivity index (χ1v) is 8.05. The minimum absolute atomic E-state index is 0.123. The van der Waals surface area contributed by atoms with Crippen molar-refractivity contribution in [1.29, 1.82) is 0 Å². The fraction of sp³-hybridized carbons (Fsp3) is 0.278. The molecular weight excluding hydrogens is 312 g/mol. The Kier molecular flexibility index (Phi) is 7.65. The van der Waals surface area contributed by atoms with Crippen LogP contribution < -0.4 is 4.74 Å². The lowest BCUT2D eigenvalue weighted by molar-refractivity contribution is 0.0695. The van der Waals surface area contributed by atoms with Gasteiger partial charge in [0.1, 0.15) is 11.9 Å². The van der Waals surface area contributed by atoms with Gasteiger partial charge in [-0.25, -0.2) is 4.79 Å². The fourth-order valence-corrected chi connectivity index (χ4v) is 2.64. The Morgan fingerprint density at radius 3 is 2.57 bits per heavy atom.